The number of nitrogens with zero attached hydrogens (tertiary/aromatic N) is 1. The van der Waals surface area contributed by atoms with Gasteiger partial charge in [-0.25, -0.2) is 9.18 Å². The van der Waals surface area contributed by atoms with Gasteiger partial charge in [0, 0.05) is 25.6 Å². The molecule has 0 aliphatic heterocycles. The Balaban J connectivity index is 1.86. The molecule has 1 saturated carbocycles. The molecule has 5 nitrogen and oxygen atoms in total. The van der Waals surface area contributed by atoms with E-state index in [-0.39, 0.29) is 18.1 Å². The maximum Gasteiger partial charge on any atom is 0.318 e. The Kier molecular flexibility index (Phi) is 4.68. The van der Waals surface area contributed by atoms with Crippen molar-refractivity contribution < 1.29 is 14.0 Å². The van der Waals surface area contributed by atoms with Gasteiger partial charge in [0.1, 0.15) is 5.82 Å². The molecule has 6 heteroatoms. The lowest BCUT2D eigenvalue weighted by Crippen LogP contribution is -2.37. The summed E-state index contributed by atoms with van der Waals surface area (Å²) in [5, 5.41) is 2.05. The van der Waals surface area contributed by atoms with Gasteiger partial charge in [-0.15, -0.1) is 0 Å². The van der Waals surface area contributed by atoms with E-state index < -0.39 is 6.03 Å². The van der Waals surface area contributed by atoms with Gasteiger partial charge in [-0.2, -0.15) is 0 Å². The fourth-order valence-corrected chi connectivity index (χ4v) is 2.10. The average Bonchev–Trinajstić information content (AvgIpc) is 3.20. The van der Waals surface area contributed by atoms with E-state index in [1.54, 1.807) is 12.1 Å². The number of hydrogen-bond donors (Lipinski definition) is 2. The van der Waals surface area contributed by atoms with Crippen molar-refractivity contribution in [2.24, 2.45) is 5.73 Å². The summed E-state index contributed by atoms with van der Waals surface area (Å²) in [5.74, 6) is -0.630. The zero-order valence-electron chi connectivity index (χ0n) is 11.1. The average molecular weight is 279 g/mol. The highest BCUT2D eigenvalue weighted by molar-refractivity contribution is 5.93. The summed E-state index contributed by atoms with van der Waals surface area (Å²) in [5.41, 5.74) is 5.90. The zero-order valence-corrected chi connectivity index (χ0v) is 11.1. The highest BCUT2D eigenvalue weighted by Crippen LogP contribution is 2.28. The number of carbonyl (C=O) groups excluding carboxylic acids is 2. The molecule has 0 aromatic heterocycles. The Morgan fingerprint density at radius 3 is 2.50 bits per heavy atom. The van der Waals surface area contributed by atoms with Crippen LogP contribution in [0, 0.1) is 5.82 Å². The third-order valence-electron chi connectivity index (χ3n) is 3.25. The molecule has 1 aliphatic rings. The number of carbonyl (C=O) groups is 2. The van der Waals surface area contributed by atoms with Crippen LogP contribution in [-0.2, 0) is 11.3 Å². The summed E-state index contributed by atoms with van der Waals surface area (Å²) < 4.78 is 12.9. The van der Waals surface area contributed by atoms with Crippen LogP contribution in [0.5, 0.6) is 0 Å². The number of nitrogens with one attached hydrogen (secondary N) is 1. The zero-order chi connectivity index (χ0) is 14.5. The number of nitrogens with two attached hydrogens (primary N) is 1. The number of imide groups is 1. The largest absolute Gasteiger partial charge is 0.351 e. The van der Waals surface area contributed by atoms with Crippen molar-refractivity contribution in [1.29, 1.82) is 0 Å². The third-order valence-corrected chi connectivity index (χ3v) is 3.25. The topological polar surface area (TPSA) is 75.4 Å². The van der Waals surface area contributed by atoms with Gasteiger partial charge in [-0.05, 0) is 30.5 Å². The molecule has 1 aromatic carbocycles. The molecule has 1 aromatic rings. The van der Waals surface area contributed by atoms with E-state index in [1.807, 2.05) is 0 Å². The number of urea groups is 1. The quantitative estimate of drug-likeness (QED) is 0.826. The lowest BCUT2D eigenvalue weighted by Gasteiger charge is -2.21. The number of amides is 3. The van der Waals surface area contributed by atoms with Gasteiger partial charge in [0.2, 0.25) is 5.91 Å². The molecule has 20 heavy (non-hydrogen) atoms. The van der Waals surface area contributed by atoms with E-state index >= 15 is 0 Å². The minimum Gasteiger partial charge on any atom is -0.351 e. The summed E-state index contributed by atoms with van der Waals surface area (Å²) in [6, 6.07) is 6.00. The van der Waals surface area contributed by atoms with Gasteiger partial charge >= 0.3 is 6.03 Å². The van der Waals surface area contributed by atoms with Crippen molar-refractivity contribution in [2.45, 2.75) is 31.8 Å². The van der Waals surface area contributed by atoms with Gasteiger partial charge in [-0.3, -0.25) is 15.0 Å². The van der Waals surface area contributed by atoms with E-state index in [4.69, 9.17) is 5.73 Å². The Morgan fingerprint density at radius 1 is 1.30 bits per heavy atom. The van der Waals surface area contributed by atoms with E-state index in [2.05, 4.69) is 10.2 Å². The van der Waals surface area contributed by atoms with Crippen LogP contribution in [0.4, 0.5) is 9.18 Å². The molecule has 108 valence electrons. The minimum atomic E-state index is -0.827. The molecule has 0 saturated heterocycles. The van der Waals surface area contributed by atoms with Crippen molar-refractivity contribution in [2.75, 3.05) is 6.54 Å². The van der Waals surface area contributed by atoms with Gasteiger partial charge in [0.15, 0.2) is 0 Å². The maximum atomic E-state index is 12.9. The van der Waals surface area contributed by atoms with Crippen LogP contribution in [0.15, 0.2) is 24.3 Å². The number of primary amides is 1. The SMILES string of the molecule is NC(=O)NC(=O)CCN(Cc1ccc(F)cc1)C1CC1. The second-order valence-corrected chi connectivity index (χ2v) is 4.99. The minimum absolute atomic E-state index is 0.223. The Bertz CT molecular complexity index is 486. The monoisotopic (exact) mass is 279 g/mol. The fraction of sp³-hybridized carbons (Fsp3) is 0.429. The van der Waals surface area contributed by atoms with Crippen LogP contribution in [0.2, 0.25) is 0 Å². The van der Waals surface area contributed by atoms with Crippen LogP contribution < -0.4 is 11.1 Å². The normalized spacial score (nSPS) is 14.3. The number of benzene rings is 1. The van der Waals surface area contributed by atoms with Crippen molar-refractivity contribution >= 4 is 11.9 Å². The molecule has 0 heterocycles. The molecule has 0 spiro atoms. The Hall–Kier alpha value is -1.95. The van der Waals surface area contributed by atoms with E-state index in [1.165, 1.54) is 12.1 Å². The van der Waals surface area contributed by atoms with Crippen molar-refractivity contribution in [3.8, 4) is 0 Å². The summed E-state index contributed by atoms with van der Waals surface area (Å²) >= 11 is 0. The van der Waals surface area contributed by atoms with Crippen LogP contribution in [0.25, 0.3) is 0 Å². The van der Waals surface area contributed by atoms with Crippen LogP contribution in [0.1, 0.15) is 24.8 Å². The van der Waals surface area contributed by atoms with Crippen LogP contribution >= 0.6 is 0 Å². The van der Waals surface area contributed by atoms with Crippen molar-refractivity contribution in [1.82, 2.24) is 10.2 Å². The lowest BCUT2D eigenvalue weighted by atomic mass is 10.2. The molecule has 3 N–H and O–H groups in total. The van der Waals surface area contributed by atoms with E-state index in [9.17, 15) is 14.0 Å². The first-order valence-electron chi connectivity index (χ1n) is 6.62. The number of hydrogen-bond acceptors (Lipinski definition) is 3. The first-order valence-corrected chi connectivity index (χ1v) is 6.62. The first kappa shape index (κ1) is 14.5. The highest BCUT2D eigenvalue weighted by atomic mass is 19.1. The smallest absolute Gasteiger partial charge is 0.318 e. The molecule has 2 rings (SSSR count). The van der Waals surface area contributed by atoms with Gasteiger partial charge in [-0.1, -0.05) is 12.1 Å². The fourth-order valence-electron chi connectivity index (χ4n) is 2.10. The van der Waals surface area contributed by atoms with E-state index in [0.29, 0.717) is 19.1 Å². The molecule has 0 unspecified atom stereocenters. The highest BCUT2D eigenvalue weighted by Gasteiger charge is 2.29. The Morgan fingerprint density at radius 2 is 1.95 bits per heavy atom. The maximum absolute atomic E-state index is 12.9. The molecular formula is C14H18FN3O2. The second-order valence-electron chi connectivity index (χ2n) is 4.99. The summed E-state index contributed by atoms with van der Waals surface area (Å²) in [4.78, 5) is 24.1. The number of halogens is 1. The molecule has 0 atom stereocenters. The molecule has 0 bridgehead atoms. The predicted octanol–water partition coefficient (Wildman–Crippen LogP) is 1.38. The number of rotatable bonds is 6. The molecule has 3 amide bonds. The second kappa shape index (κ2) is 6.47. The summed E-state index contributed by atoms with van der Waals surface area (Å²) in [7, 11) is 0. The van der Waals surface area contributed by atoms with Gasteiger partial charge in [0.05, 0.1) is 0 Å². The van der Waals surface area contributed by atoms with Gasteiger partial charge in [0.25, 0.3) is 0 Å². The van der Waals surface area contributed by atoms with Crippen LogP contribution in [0.3, 0.4) is 0 Å². The van der Waals surface area contributed by atoms with Crippen molar-refractivity contribution in [3.05, 3.63) is 35.6 Å². The predicted molar refractivity (Wildman–Crippen MR) is 72.2 cm³/mol. The standard InChI is InChI=1S/C14H18FN3O2/c15-11-3-1-10(2-4-11)9-18(12-5-6-12)8-7-13(19)17-14(16)20/h1-4,12H,5-9H2,(H3,16,17,19,20). The summed E-state index contributed by atoms with van der Waals surface area (Å²) in [6.07, 6.45) is 2.44. The van der Waals surface area contributed by atoms with Gasteiger partial charge < -0.3 is 5.73 Å². The third kappa shape index (κ3) is 4.62. The lowest BCUT2D eigenvalue weighted by molar-refractivity contribution is -0.120. The molecule has 1 fully saturated rings. The van der Waals surface area contributed by atoms with Crippen LogP contribution in [-0.4, -0.2) is 29.4 Å². The first-order chi connectivity index (χ1) is 9.54. The molecule has 0 radical (unpaired) electrons. The van der Waals surface area contributed by atoms with E-state index in [0.717, 1.165) is 18.4 Å². The summed E-state index contributed by atoms with van der Waals surface area (Å²) in [6.45, 7) is 1.23. The molecule has 1 aliphatic carbocycles. The molecular weight excluding hydrogens is 261 g/mol. The van der Waals surface area contributed by atoms with Crippen molar-refractivity contribution in [3.63, 3.8) is 0 Å². The Labute approximate surface area is 116 Å².